The predicted octanol–water partition coefficient (Wildman–Crippen LogP) is 2.29. The summed E-state index contributed by atoms with van der Waals surface area (Å²) in [5.74, 6) is 2.09. The average Bonchev–Trinajstić information content (AvgIpc) is 2.49. The Labute approximate surface area is 98.6 Å². The van der Waals surface area contributed by atoms with Crippen LogP contribution in [0.1, 0.15) is 36.0 Å². The van der Waals surface area contributed by atoms with Crippen LogP contribution in [-0.4, -0.2) is 19.6 Å². The first-order valence-electron chi connectivity index (χ1n) is 6.13. The molecule has 1 aromatic heterocycles. The molecule has 0 saturated heterocycles. The predicted molar refractivity (Wildman–Crippen MR) is 67.8 cm³/mol. The minimum Gasteiger partial charge on any atom is -0.466 e. The first-order valence-corrected chi connectivity index (χ1v) is 6.13. The van der Waals surface area contributed by atoms with Gasteiger partial charge in [-0.2, -0.15) is 0 Å². The number of aryl methyl sites for hydroxylation is 2. The van der Waals surface area contributed by atoms with Gasteiger partial charge in [0.05, 0.1) is 0 Å². The zero-order valence-electron chi connectivity index (χ0n) is 10.9. The van der Waals surface area contributed by atoms with E-state index in [2.05, 4.69) is 24.5 Å². The fraction of sp³-hybridized carbons (Fsp3) is 0.692. The maximum atomic E-state index is 5.59. The highest BCUT2D eigenvalue weighted by Crippen LogP contribution is 2.19. The molecule has 0 radical (unpaired) electrons. The summed E-state index contributed by atoms with van der Waals surface area (Å²) in [4.78, 5) is 0. The van der Waals surface area contributed by atoms with Gasteiger partial charge in [0.1, 0.15) is 11.5 Å². The lowest BCUT2D eigenvalue weighted by Crippen LogP contribution is -2.27. The molecular weight excluding hydrogens is 200 g/mol. The third kappa shape index (κ3) is 3.65. The highest BCUT2D eigenvalue weighted by molar-refractivity contribution is 5.31. The van der Waals surface area contributed by atoms with Gasteiger partial charge in [0, 0.05) is 25.2 Å². The first kappa shape index (κ1) is 13.3. The summed E-state index contributed by atoms with van der Waals surface area (Å²) in [6.45, 7) is 12.4. The fourth-order valence-corrected chi connectivity index (χ4v) is 1.79. The van der Waals surface area contributed by atoms with E-state index in [-0.39, 0.29) is 0 Å². The molecule has 1 heterocycles. The molecule has 0 aromatic carbocycles. The third-order valence-corrected chi connectivity index (χ3v) is 2.92. The Morgan fingerprint density at radius 2 is 1.62 bits per heavy atom. The molecule has 0 spiro atoms. The van der Waals surface area contributed by atoms with Gasteiger partial charge in [-0.1, -0.05) is 6.92 Å². The molecule has 0 aliphatic rings. The van der Waals surface area contributed by atoms with Crippen LogP contribution in [-0.2, 0) is 6.54 Å². The fourth-order valence-electron chi connectivity index (χ4n) is 1.79. The van der Waals surface area contributed by atoms with E-state index in [0.29, 0.717) is 0 Å². The van der Waals surface area contributed by atoms with Crippen LogP contribution >= 0.6 is 0 Å². The third-order valence-electron chi connectivity index (χ3n) is 2.92. The Balaban J connectivity index is 2.26. The number of hydrogen-bond donors (Lipinski definition) is 2. The van der Waals surface area contributed by atoms with Crippen LogP contribution in [0.2, 0.25) is 0 Å². The molecule has 92 valence electrons. The van der Waals surface area contributed by atoms with Crippen molar-refractivity contribution in [3.63, 3.8) is 0 Å². The largest absolute Gasteiger partial charge is 0.466 e. The van der Waals surface area contributed by atoms with Crippen molar-refractivity contribution in [2.45, 2.75) is 40.7 Å². The van der Waals surface area contributed by atoms with Crippen LogP contribution in [0.3, 0.4) is 0 Å². The SMILES string of the molecule is CCCNCCNCc1c(C)oc(C)c1C. The molecule has 0 amide bonds. The molecule has 1 aromatic rings. The van der Waals surface area contributed by atoms with Crippen molar-refractivity contribution in [2.75, 3.05) is 19.6 Å². The van der Waals surface area contributed by atoms with E-state index >= 15 is 0 Å². The average molecular weight is 224 g/mol. The Kier molecular flexibility index (Phi) is 5.56. The molecule has 0 fully saturated rings. The quantitative estimate of drug-likeness (QED) is 0.698. The van der Waals surface area contributed by atoms with Gasteiger partial charge in [-0.15, -0.1) is 0 Å². The van der Waals surface area contributed by atoms with Gasteiger partial charge in [0.15, 0.2) is 0 Å². The minimum absolute atomic E-state index is 0.906. The van der Waals surface area contributed by atoms with Crippen molar-refractivity contribution >= 4 is 0 Å². The van der Waals surface area contributed by atoms with Crippen molar-refractivity contribution in [3.8, 4) is 0 Å². The molecule has 0 aliphatic heterocycles. The molecule has 3 heteroatoms. The van der Waals surface area contributed by atoms with Crippen molar-refractivity contribution in [3.05, 3.63) is 22.6 Å². The standard InChI is InChI=1S/C13H24N2O/c1-5-6-14-7-8-15-9-13-10(2)11(3)16-12(13)4/h14-15H,5-9H2,1-4H3. The zero-order chi connectivity index (χ0) is 12.0. The van der Waals surface area contributed by atoms with E-state index in [9.17, 15) is 0 Å². The van der Waals surface area contributed by atoms with E-state index < -0.39 is 0 Å². The van der Waals surface area contributed by atoms with Crippen molar-refractivity contribution in [1.82, 2.24) is 10.6 Å². The minimum atomic E-state index is 0.906. The van der Waals surface area contributed by atoms with E-state index in [4.69, 9.17) is 4.42 Å². The summed E-state index contributed by atoms with van der Waals surface area (Å²) in [6.07, 6.45) is 1.19. The van der Waals surface area contributed by atoms with Crippen molar-refractivity contribution in [1.29, 1.82) is 0 Å². The summed E-state index contributed by atoms with van der Waals surface area (Å²) < 4.78 is 5.59. The number of nitrogens with one attached hydrogen (secondary N) is 2. The molecule has 2 N–H and O–H groups in total. The zero-order valence-corrected chi connectivity index (χ0v) is 10.9. The van der Waals surface area contributed by atoms with Gasteiger partial charge in [0.2, 0.25) is 0 Å². The van der Waals surface area contributed by atoms with Crippen LogP contribution in [0.25, 0.3) is 0 Å². The second kappa shape index (κ2) is 6.71. The van der Waals surface area contributed by atoms with Gasteiger partial charge < -0.3 is 15.1 Å². The number of furan rings is 1. The van der Waals surface area contributed by atoms with Crippen LogP contribution in [0.5, 0.6) is 0 Å². The maximum absolute atomic E-state index is 5.59. The number of rotatable bonds is 7. The summed E-state index contributed by atoms with van der Waals surface area (Å²) in [5, 5.41) is 6.80. The van der Waals surface area contributed by atoms with Gasteiger partial charge >= 0.3 is 0 Å². The van der Waals surface area contributed by atoms with Gasteiger partial charge in [-0.3, -0.25) is 0 Å². The summed E-state index contributed by atoms with van der Waals surface area (Å²) in [7, 11) is 0. The molecule has 1 rings (SSSR count). The molecule has 0 aliphatic carbocycles. The first-order chi connectivity index (χ1) is 7.66. The highest BCUT2D eigenvalue weighted by Gasteiger charge is 2.09. The molecular formula is C13H24N2O. The Morgan fingerprint density at radius 1 is 0.938 bits per heavy atom. The van der Waals surface area contributed by atoms with Gasteiger partial charge in [0.25, 0.3) is 0 Å². The molecule has 3 nitrogen and oxygen atoms in total. The van der Waals surface area contributed by atoms with E-state index in [1.54, 1.807) is 0 Å². The molecule has 0 bridgehead atoms. The van der Waals surface area contributed by atoms with E-state index in [1.165, 1.54) is 17.5 Å². The second-order valence-electron chi connectivity index (χ2n) is 4.24. The molecule has 16 heavy (non-hydrogen) atoms. The second-order valence-corrected chi connectivity index (χ2v) is 4.24. The normalized spacial score (nSPS) is 11.0. The Morgan fingerprint density at radius 3 is 2.19 bits per heavy atom. The van der Waals surface area contributed by atoms with Crippen molar-refractivity contribution in [2.24, 2.45) is 0 Å². The highest BCUT2D eigenvalue weighted by atomic mass is 16.3. The molecule has 0 unspecified atom stereocenters. The van der Waals surface area contributed by atoms with Gasteiger partial charge in [-0.25, -0.2) is 0 Å². The van der Waals surface area contributed by atoms with Crippen LogP contribution in [0.4, 0.5) is 0 Å². The lowest BCUT2D eigenvalue weighted by atomic mass is 10.1. The number of hydrogen-bond acceptors (Lipinski definition) is 3. The Bertz CT molecular complexity index is 318. The molecule has 0 saturated carbocycles. The van der Waals surface area contributed by atoms with E-state index in [1.807, 2.05) is 13.8 Å². The van der Waals surface area contributed by atoms with Crippen molar-refractivity contribution < 1.29 is 4.42 Å². The topological polar surface area (TPSA) is 37.2 Å². The Hall–Kier alpha value is -0.800. The van der Waals surface area contributed by atoms with Crippen LogP contribution in [0.15, 0.2) is 4.42 Å². The summed E-state index contributed by atoms with van der Waals surface area (Å²) in [5.41, 5.74) is 2.60. The van der Waals surface area contributed by atoms with Crippen LogP contribution in [0, 0.1) is 20.8 Å². The lowest BCUT2D eigenvalue weighted by molar-refractivity contribution is 0.497. The lowest BCUT2D eigenvalue weighted by Gasteiger charge is -2.06. The van der Waals surface area contributed by atoms with Crippen LogP contribution < -0.4 is 10.6 Å². The monoisotopic (exact) mass is 224 g/mol. The molecule has 0 atom stereocenters. The summed E-state index contributed by atoms with van der Waals surface area (Å²) >= 11 is 0. The maximum Gasteiger partial charge on any atom is 0.105 e. The smallest absolute Gasteiger partial charge is 0.105 e. The van der Waals surface area contributed by atoms with E-state index in [0.717, 1.165) is 37.7 Å². The summed E-state index contributed by atoms with van der Waals surface area (Å²) in [6, 6.07) is 0. The van der Waals surface area contributed by atoms with Gasteiger partial charge in [-0.05, 0) is 39.3 Å².